The van der Waals surface area contributed by atoms with Crippen LogP contribution in [-0.4, -0.2) is 41.3 Å². The molecular formula is C22H19BrCl2N2O4. The van der Waals surface area contributed by atoms with Gasteiger partial charge in [-0.25, -0.2) is 9.69 Å². The molecule has 1 unspecified atom stereocenters. The number of urea groups is 1. The van der Waals surface area contributed by atoms with E-state index in [1.807, 2.05) is 24.3 Å². The average Bonchev–Trinajstić information content (AvgIpc) is 3.21. The summed E-state index contributed by atoms with van der Waals surface area (Å²) in [6.45, 7) is 1.72. The number of amides is 3. The molecule has 0 aliphatic carbocycles. The topological polar surface area (TPSA) is 66.9 Å². The highest BCUT2D eigenvalue weighted by molar-refractivity contribution is 9.10. The number of hydrogen-bond donors (Lipinski definition) is 0. The number of anilines is 1. The highest BCUT2D eigenvalue weighted by Crippen LogP contribution is 2.44. The Hall–Kier alpha value is -2.09. The van der Waals surface area contributed by atoms with Crippen molar-refractivity contribution in [3.63, 3.8) is 0 Å². The SMILES string of the molecule is CC(=O)COc1c(Cl)cc(N2C(=O)N3CCCC3(Cc3ccc(Br)cc3)C2=O)cc1Cl. The van der Waals surface area contributed by atoms with Gasteiger partial charge >= 0.3 is 6.03 Å². The zero-order valence-corrected chi connectivity index (χ0v) is 19.8. The number of nitrogens with zero attached hydrogens (tertiary/aromatic N) is 2. The first-order valence-corrected chi connectivity index (χ1v) is 11.3. The van der Waals surface area contributed by atoms with Crippen LogP contribution in [0, 0.1) is 0 Å². The van der Waals surface area contributed by atoms with E-state index in [1.54, 1.807) is 4.90 Å². The first-order valence-electron chi connectivity index (χ1n) is 9.75. The van der Waals surface area contributed by atoms with Crippen molar-refractivity contribution in [2.24, 2.45) is 0 Å². The number of Topliss-reactive ketones (excluding diaryl/α,β-unsaturated/α-hetero) is 1. The van der Waals surface area contributed by atoms with Gasteiger partial charge in [-0.2, -0.15) is 0 Å². The molecule has 2 aliphatic heterocycles. The second-order valence-corrected chi connectivity index (χ2v) is 9.47. The number of carbonyl (C=O) groups excluding carboxylic acids is 3. The Morgan fingerprint density at radius 1 is 1.16 bits per heavy atom. The molecule has 1 atom stereocenters. The molecule has 3 amide bonds. The molecule has 9 heteroatoms. The number of halogens is 3. The van der Waals surface area contributed by atoms with Gasteiger partial charge in [-0.1, -0.05) is 51.3 Å². The molecule has 2 fully saturated rings. The van der Waals surface area contributed by atoms with E-state index < -0.39 is 5.54 Å². The summed E-state index contributed by atoms with van der Waals surface area (Å²) in [5.41, 5.74) is 0.333. The molecule has 0 radical (unpaired) electrons. The van der Waals surface area contributed by atoms with Crippen LogP contribution in [0.25, 0.3) is 0 Å². The molecular weight excluding hydrogens is 507 g/mol. The summed E-state index contributed by atoms with van der Waals surface area (Å²) < 4.78 is 6.32. The summed E-state index contributed by atoms with van der Waals surface area (Å²) in [6, 6.07) is 10.3. The van der Waals surface area contributed by atoms with Crippen LogP contribution in [0.3, 0.4) is 0 Å². The summed E-state index contributed by atoms with van der Waals surface area (Å²) in [4.78, 5) is 40.8. The summed E-state index contributed by atoms with van der Waals surface area (Å²) in [5.74, 6) is -0.328. The average molecular weight is 526 g/mol. The quantitative estimate of drug-likeness (QED) is 0.482. The first kappa shape index (κ1) is 22.1. The molecule has 0 spiro atoms. The van der Waals surface area contributed by atoms with E-state index in [0.717, 1.165) is 21.4 Å². The third-order valence-electron chi connectivity index (χ3n) is 5.58. The van der Waals surface area contributed by atoms with Crippen LogP contribution in [0.1, 0.15) is 25.3 Å². The Morgan fingerprint density at radius 3 is 2.42 bits per heavy atom. The van der Waals surface area contributed by atoms with E-state index in [0.29, 0.717) is 19.4 Å². The predicted octanol–water partition coefficient (Wildman–Crippen LogP) is 5.27. The molecule has 31 heavy (non-hydrogen) atoms. The lowest BCUT2D eigenvalue weighted by Gasteiger charge is -2.28. The van der Waals surface area contributed by atoms with E-state index >= 15 is 0 Å². The molecule has 0 saturated carbocycles. The lowest BCUT2D eigenvalue weighted by Crippen LogP contribution is -2.47. The van der Waals surface area contributed by atoms with Crippen LogP contribution in [0.4, 0.5) is 10.5 Å². The lowest BCUT2D eigenvalue weighted by atomic mass is 9.88. The standard InChI is InChI=1S/C22H19BrCl2N2O4/c1-13(28)12-31-19-17(24)9-16(10-18(19)25)27-20(29)22(7-2-8-26(22)21(27)30)11-14-3-5-15(23)6-4-14/h3-6,9-10H,2,7-8,11-12H2,1H3. The normalized spacial score (nSPS) is 20.4. The van der Waals surface area contributed by atoms with Gasteiger partial charge < -0.3 is 9.64 Å². The number of rotatable bonds is 6. The van der Waals surface area contributed by atoms with Gasteiger partial charge in [0.05, 0.1) is 15.7 Å². The number of ether oxygens (including phenoxy) is 1. The number of benzene rings is 2. The third-order valence-corrected chi connectivity index (χ3v) is 6.67. The molecule has 2 saturated heterocycles. The van der Waals surface area contributed by atoms with Gasteiger partial charge in [-0.05, 0) is 49.6 Å². The van der Waals surface area contributed by atoms with Crippen molar-refractivity contribution in [3.8, 4) is 5.75 Å². The predicted molar refractivity (Wildman–Crippen MR) is 122 cm³/mol. The van der Waals surface area contributed by atoms with Gasteiger partial charge in [0.25, 0.3) is 5.91 Å². The van der Waals surface area contributed by atoms with Gasteiger partial charge in [0.2, 0.25) is 0 Å². The molecule has 6 nitrogen and oxygen atoms in total. The number of carbonyl (C=O) groups is 3. The molecule has 2 aliphatic rings. The van der Waals surface area contributed by atoms with E-state index in [1.165, 1.54) is 19.1 Å². The van der Waals surface area contributed by atoms with Crippen molar-refractivity contribution in [1.29, 1.82) is 0 Å². The Kier molecular flexibility index (Phi) is 6.03. The van der Waals surface area contributed by atoms with E-state index in [9.17, 15) is 14.4 Å². The number of ketones is 1. The van der Waals surface area contributed by atoms with Crippen LogP contribution in [0.5, 0.6) is 5.75 Å². The van der Waals surface area contributed by atoms with Crippen molar-refractivity contribution < 1.29 is 19.1 Å². The van der Waals surface area contributed by atoms with Crippen LogP contribution >= 0.6 is 39.1 Å². The maximum Gasteiger partial charge on any atom is 0.332 e. The van der Waals surface area contributed by atoms with Gasteiger partial charge in [0.15, 0.2) is 11.5 Å². The lowest BCUT2D eigenvalue weighted by molar-refractivity contribution is -0.124. The molecule has 0 aromatic heterocycles. The second kappa shape index (κ2) is 8.45. The van der Waals surface area contributed by atoms with Gasteiger partial charge in [0, 0.05) is 17.4 Å². The van der Waals surface area contributed by atoms with E-state index in [2.05, 4.69) is 15.9 Å². The monoisotopic (exact) mass is 524 g/mol. The van der Waals surface area contributed by atoms with Crippen molar-refractivity contribution in [2.45, 2.75) is 31.7 Å². The van der Waals surface area contributed by atoms with Crippen molar-refractivity contribution in [3.05, 3.63) is 56.5 Å². The fourth-order valence-electron chi connectivity index (χ4n) is 4.21. The first-order chi connectivity index (χ1) is 14.7. The Labute approximate surface area is 198 Å². The smallest absolute Gasteiger partial charge is 0.332 e. The Bertz CT molecular complexity index is 1050. The fourth-order valence-corrected chi connectivity index (χ4v) is 5.06. The van der Waals surface area contributed by atoms with E-state index in [-0.39, 0.29) is 45.8 Å². The third kappa shape index (κ3) is 3.95. The van der Waals surface area contributed by atoms with Gasteiger partial charge in [-0.3, -0.25) is 9.59 Å². The van der Waals surface area contributed by atoms with Crippen LogP contribution in [0.2, 0.25) is 10.0 Å². The molecule has 4 rings (SSSR count). The zero-order valence-electron chi connectivity index (χ0n) is 16.7. The minimum atomic E-state index is -0.923. The summed E-state index contributed by atoms with van der Waals surface area (Å²) in [6.07, 6.45) is 1.79. The maximum absolute atomic E-state index is 13.6. The van der Waals surface area contributed by atoms with Gasteiger partial charge in [0.1, 0.15) is 12.1 Å². The molecule has 2 aromatic carbocycles. The largest absolute Gasteiger partial charge is 0.483 e. The van der Waals surface area contributed by atoms with Crippen LogP contribution in [-0.2, 0) is 16.0 Å². The summed E-state index contributed by atoms with van der Waals surface area (Å²) >= 11 is 16.0. The van der Waals surface area contributed by atoms with Gasteiger partial charge in [-0.15, -0.1) is 0 Å². The molecule has 2 heterocycles. The zero-order chi connectivity index (χ0) is 22.3. The number of fused-ring (bicyclic) bond motifs is 1. The molecule has 162 valence electrons. The molecule has 2 aromatic rings. The van der Waals surface area contributed by atoms with Crippen molar-refractivity contribution in [2.75, 3.05) is 18.1 Å². The van der Waals surface area contributed by atoms with Crippen LogP contribution in [0.15, 0.2) is 40.9 Å². The minimum absolute atomic E-state index is 0.123. The summed E-state index contributed by atoms with van der Waals surface area (Å²) in [7, 11) is 0. The minimum Gasteiger partial charge on any atom is -0.483 e. The van der Waals surface area contributed by atoms with Crippen molar-refractivity contribution >= 4 is 62.5 Å². The van der Waals surface area contributed by atoms with Crippen molar-refractivity contribution in [1.82, 2.24) is 4.90 Å². The summed E-state index contributed by atoms with van der Waals surface area (Å²) in [5, 5.41) is 0.247. The molecule has 0 bridgehead atoms. The number of hydrogen-bond acceptors (Lipinski definition) is 4. The Balaban J connectivity index is 1.67. The molecule has 0 N–H and O–H groups in total. The van der Waals surface area contributed by atoms with Crippen LogP contribution < -0.4 is 9.64 Å². The Morgan fingerprint density at radius 2 is 1.81 bits per heavy atom. The second-order valence-electron chi connectivity index (χ2n) is 7.74. The van der Waals surface area contributed by atoms with E-state index in [4.69, 9.17) is 27.9 Å². The maximum atomic E-state index is 13.6. The highest BCUT2D eigenvalue weighted by atomic mass is 79.9. The highest BCUT2D eigenvalue weighted by Gasteiger charge is 2.59. The number of imide groups is 1. The fraction of sp³-hybridized carbons (Fsp3) is 0.318.